The molecule has 0 radical (unpaired) electrons. The maximum atomic E-state index is 12.6. The molecule has 2 amide bonds. The van der Waals surface area contributed by atoms with Crippen LogP contribution in [0.25, 0.3) is 0 Å². The lowest BCUT2D eigenvalue weighted by Gasteiger charge is -2.21. The highest BCUT2D eigenvalue weighted by molar-refractivity contribution is 5.78. The number of rotatable bonds is 12. The van der Waals surface area contributed by atoms with Crippen LogP contribution < -0.4 is 19.5 Å². The molecule has 172 valence electrons. The zero-order valence-corrected chi connectivity index (χ0v) is 19.2. The summed E-state index contributed by atoms with van der Waals surface area (Å²) in [7, 11) is 4.91. The summed E-state index contributed by atoms with van der Waals surface area (Å²) < 4.78 is 16.8. The summed E-state index contributed by atoms with van der Waals surface area (Å²) in [5.41, 5.74) is 1.85. The number of allylic oxidation sites excluding steroid dienone is 1. The number of carbonyl (C=O) groups is 2. The Morgan fingerprint density at radius 1 is 1.06 bits per heavy atom. The first-order valence-electron chi connectivity index (χ1n) is 10.5. The van der Waals surface area contributed by atoms with Gasteiger partial charge in [-0.05, 0) is 36.6 Å². The van der Waals surface area contributed by atoms with Crippen LogP contribution in [0, 0.1) is 0 Å². The molecule has 0 aliphatic heterocycles. The molecular formula is C25H32N2O5. The van der Waals surface area contributed by atoms with Gasteiger partial charge in [-0.25, -0.2) is 0 Å². The lowest BCUT2D eigenvalue weighted by molar-refractivity contribution is -0.130. The average Bonchev–Trinajstić information content (AvgIpc) is 2.80. The second-order valence-electron chi connectivity index (χ2n) is 7.41. The lowest BCUT2D eigenvalue weighted by atomic mass is 10.0. The van der Waals surface area contributed by atoms with Crippen LogP contribution in [0.2, 0.25) is 0 Å². The Morgan fingerprint density at radius 3 is 2.44 bits per heavy atom. The topological polar surface area (TPSA) is 77.1 Å². The van der Waals surface area contributed by atoms with Crippen molar-refractivity contribution in [3.63, 3.8) is 0 Å². The molecule has 7 nitrogen and oxygen atoms in total. The van der Waals surface area contributed by atoms with Crippen molar-refractivity contribution < 1.29 is 23.8 Å². The molecule has 2 aromatic carbocycles. The zero-order valence-electron chi connectivity index (χ0n) is 19.2. The Bertz CT molecular complexity index is 926. The predicted octanol–water partition coefficient (Wildman–Crippen LogP) is 3.54. The minimum absolute atomic E-state index is 0.0703. The van der Waals surface area contributed by atoms with Crippen molar-refractivity contribution in [1.82, 2.24) is 10.2 Å². The fourth-order valence-corrected chi connectivity index (χ4v) is 3.07. The number of ether oxygens (including phenoxy) is 3. The van der Waals surface area contributed by atoms with E-state index < -0.39 is 0 Å². The lowest BCUT2D eigenvalue weighted by Crippen LogP contribution is -2.33. The fraction of sp³-hybridized carbons (Fsp3) is 0.360. The van der Waals surface area contributed by atoms with Crippen molar-refractivity contribution in [3.8, 4) is 17.2 Å². The number of likely N-dealkylation sites (N-methyl/N-ethyl adjacent to an activating group) is 1. The van der Waals surface area contributed by atoms with E-state index in [0.29, 0.717) is 23.7 Å². The summed E-state index contributed by atoms with van der Waals surface area (Å²) >= 11 is 0. The molecule has 1 N–H and O–H groups in total. The quantitative estimate of drug-likeness (QED) is 0.511. The van der Waals surface area contributed by atoms with Crippen molar-refractivity contribution in [1.29, 1.82) is 0 Å². The number of benzene rings is 2. The van der Waals surface area contributed by atoms with E-state index in [4.69, 9.17) is 14.2 Å². The third-order valence-corrected chi connectivity index (χ3v) is 4.85. The molecule has 0 saturated heterocycles. The number of hydrogen-bond acceptors (Lipinski definition) is 5. The van der Waals surface area contributed by atoms with Crippen LogP contribution in [0.3, 0.4) is 0 Å². The number of nitrogens with zero attached hydrogens (tertiary/aromatic N) is 1. The molecule has 0 aliphatic carbocycles. The fourth-order valence-electron chi connectivity index (χ4n) is 3.07. The second kappa shape index (κ2) is 12.4. The Labute approximate surface area is 190 Å². The molecule has 0 aromatic heterocycles. The van der Waals surface area contributed by atoms with Crippen LogP contribution >= 0.6 is 0 Å². The van der Waals surface area contributed by atoms with E-state index in [-0.39, 0.29) is 31.1 Å². The van der Waals surface area contributed by atoms with Gasteiger partial charge in [0.1, 0.15) is 5.75 Å². The number of hydrogen-bond donors (Lipinski definition) is 1. The van der Waals surface area contributed by atoms with Gasteiger partial charge < -0.3 is 24.4 Å². The second-order valence-corrected chi connectivity index (χ2v) is 7.41. The van der Waals surface area contributed by atoms with E-state index in [0.717, 1.165) is 17.5 Å². The van der Waals surface area contributed by atoms with Gasteiger partial charge in [-0.15, -0.1) is 6.58 Å². The van der Waals surface area contributed by atoms with Crippen LogP contribution in [0.5, 0.6) is 17.2 Å². The summed E-state index contributed by atoms with van der Waals surface area (Å²) in [4.78, 5) is 25.9. The van der Waals surface area contributed by atoms with Gasteiger partial charge in [0.2, 0.25) is 0 Å². The molecule has 1 unspecified atom stereocenters. The third kappa shape index (κ3) is 7.04. The summed E-state index contributed by atoms with van der Waals surface area (Å²) in [5, 5.41) is 2.98. The van der Waals surface area contributed by atoms with Crippen LogP contribution in [0.1, 0.15) is 30.5 Å². The minimum Gasteiger partial charge on any atom is -0.493 e. The van der Waals surface area contributed by atoms with Gasteiger partial charge in [0.05, 0.1) is 13.2 Å². The maximum Gasteiger partial charge on any atom is 0.259 e. The molecule has 2 aromatic rings. The molecule has 0 spiro atoms. The summed E-state index contributed by atoms with van der Waals surface area (Å²) in [6.07, 6.45) is 3.18. The average molecular weight is 441 g/mol. The monoisotopic (exact) mass is 440 g/mol. The van der Waals surface area contributed by atoms with E-state index in [1.54, 1.807) is 33.3 Å². The molecule has 0 fully saturated rings. The molecule has 0 aliphatic rings. The van der Waals surface area contributed by atoms with Crippen molar-refractivity contribution in [2.75, 3.05) is 34.4 Å². The number of amides is 2. The molecule has 32 heavy (non-hydrogen) atoms. The Hall–Kier alpha value is -3.48. The molecular weight excluding hydrogens is 408 g/mol. The molecule has 0 bridgehead atoms. The minimum atomic E-state index is -0.284. The Balaban J connectivity index is 2.03. The van der Waals surface area contributed by atoms with E-state index in [9.17, 15) is 9.59 Å². The van der Waals surface area contributed by atoms with Crippen LogP contribution in [0.15, 0.2) is 55.1 Å². The highest BCUT2D eigenvalue weighted by Gasteiger charge is 2.18. The Morgan fingerprint density at radius 2 is 1.78 bits per heavy atom. The van der Waals surface area contributed by atoms with E-state index in [1.165, 1.54) is 4.90 Å². The van der Waals surface area contributed by atoms with Crippen molar-refractivity contribution in [3.05, 3.63) is 66.2 Å². The van der Waals surface area contributed by atoms with Gasteiger partial charge in [0, 0.05) is 19.7 Å². The third-order valence-electron chi connectivity index (χ3n) is 4.85. The summed E-state index contributed by atoms with van der Waals surface area (Å²) in [5.74, 6) is 1.21. The highest BCUT2D eigenvalue weighted by Crippen LogP contribution is 2.29. The SMILES string of the molecule is C=CCc1ccc(OCC(=O)NC(CC)c2ccccc2OCC(=O)N(C)C)c(OC)c1. The van der Waals surface area contributed by atoms with Gasteiger partial charge in [0.15, 0.2) is 24.7 Å². The first-order chi connectivity index (χ1) is 15.4. The predicted molar refractivity (Wildman–Crippen MR) is 124 cm³/mol. The smallest absolute Gasteiger partial charge is 0.259 e. The van der Waals surface area contributed by atoms with E-state index >= 15 is 0 Å². The Kier molecular flexibility index (Phi) is 9.60. The highest BCUT2D eigenvalue weighted by atomic mass is 16.5. The van der Waals surface area contributed by atoms with Gasteiger partial charge in [-0.2, -0.15) is 0 Å². The molecule has 2 rings (SSSR count). The standard InChI is InChI=1S/C25H32N2O5/c1-6-10-18-13-14-22(23(15-18)30-5)31-16-24(28)26-20(7-2)19-11-8-9-12-21(19)32-17-25(29)27(3)4/h6,8-9,11-15,20H,1,7,10,16-17H2,2-5H3,(H,26,28). The molecule has 7 heteroatoms. The summed E-state index contributed by atoms with van der Waals surface area (Å²) in [6.45, 7) is 5.48. The van der Waals surface area contributed by atoms with Gasteiger partial charge in [-0.3, -0.25) is 9.59 Å². The number of carbonyl (C=O) groups excluding carboxylic acids is 2. The maximum absolute atomic E-state index is 12.6. The largest absolute Gasteiger partial charge is 0.493 e. The van der Waals surface area contributed by atoms with Gasteiger partial charge in [0.25, 0.3) is 11.8 Å². The van der Waals surface area contributed by atoms with Crippen molar-refractivity contribution >= 4 is 11.8 Å². The van der Waals surface area contributed by atoms with E-state index in [1.807, 2.05) is 43.3 Å². The van der Waals surface area contributed by atoms with Crippen LogP contribution in [0.4, 0.5) is 0 Å². The van der Waals surface area contributed by atoms with Crippen molar-refractivity contribution in [2.45, 2.75) is 25.8 Å². The molecule has 0 saturated carbocycles. The van der Waals surface area contributed by atoms with Crippen molar-refractivity contribution in [2.24, 2.45) is 0 Å². The molecule has 0 heterocycles. The van der Waals surface area contributed by atoms with E-state index in [2.05, 4.69) is 11.9 Å². The number of methoxy groups -OCH3 is 1. The van der Waals surface area contributed by atoms with Crippen LogP contribution in [-0.2, 0) is 16.0 Å². The van der Waals surface area contributed by atoms with Crippen LogP contribution in [-0.4, -0.2) is 51.1 Å². The van der Waals surface area contributed by atoms with Gasteiger partial charge in [-0.1, -0.05) is 37.3 Å². The first kappa shape index (κ1) is 24.8. The first-order valence-corrected chi connectivity index (χ1v) is 10.5. The summed E-state index contributed by atoms with van der Waals surface area (Å²) in [6, 6.07) is 12.7. The van der Waals surface area contributed by atoms with Gasteiger partial charge >= 0.3 is 0 Å². The zero-order chi connectivity index (χ0) is 23.5. The molecule has 1 atom stereocenters. The number of nitrogens with one attached hydrogen (secondary N) is 1. The number of para-hydroxylation sites is 1. The normalized spacial score (nSPS) is 11.2.